The van der Waals surface area contributed by atoms with Crippen LogP contribution in [0.3, 0.4) is 0 Å². The van der Waals surface area contributed by atoms with Crippen LogP contribution in [0.2, 0.25) is 0 Å². The van der Waals surface area contributed by atoms with Crippen molar-refractivity contribution < 1.29 is 9.53 Å². The normalized spacial score (nSPS) is 16.5. The van der Waals surface area contributed by atoms with E-state index in [1.165, 1.54) is 5.56 Å². The number of imidazole rings is 1. The van der Waals surface area contributed by atoms with Gasteiger partial charge in [-0.2, -0.15) is 0 Å². The van der Waals surface area contributed by atoms with Crippen molar-refractivity contribution in [1.82, 2.24) is 25.6 Å². The Morgan fingerprint density at radius 2 is 2.10 bits per heavy atom. The Balaban J connectivity index is 1.51. The van der Waals surface area contributed by atoms with Gasteiger partial charge in [-0.3, -0.25) is 9.78 Å². The first-order valence-electron chi connectivity index (χ1n) is 9.85. The van der Waals surface area contributed by atoms with Crippen molar-refractivity contribution >= 4 is 5.91 Å². The maximum absolute atomic E-state index is 12.3. The molecule has 2 aromatic heterocycles. The molecule has 1 aliphatic heterocycles. The van der Waals surface area contributed by atoms with Gasteiger partial charge in [0, 0.05) is 24.8 Å². The zero-order chi connectivity index (χ0) is 20.1. The molecule has 150 valence electrons. The van der Waals surface area contributed by atoms with E-state index in [9.17, 15) is 4.79 Å². The zero-order valence-electron chi connectivity index (χ0n) is 16.4. The minimum atomic E-state index is -0.0763. The minimum absolute atomic E-state index is 0.0497. The van der Waals surface area contributed by atoms with E-state index in [4.69, 9.17) is 9.72 Å². The number of nitrogens with zero attached hydrogens (tertiary/aromatic N) is 2. The number of ether oxygens (including phenoxy) is 1. The van der Waals surface area contributed by atoms with E-state index in [0.29, 0.717) is 31.9 Å². The van der Waals surface area contributed by atoms with Crippen LogP contribution in [-0.4, -0.2) is 46.7 Å². The summed E-state index contributed by atoms with van der Waals surface area (Å²) in [6.45, 7) is 4.56. The Hall–Kier alpha value is -3.03. The predicted octanol–water partition coefficient (Wildman–Crippen LogP) is 2.44. The number of amides is 1. The maximum atomic E-state index is 12.3. The highest BCUT2D eigenvalue weighted by molar-refractivity contribution is 5.78. The summed E-state index contributed by atoms with van der Waals surface area (Å²) in [6.07, 6.45) is 2.02. The summed E-state index contributed by atoms with van der Waals surface area (Å²) in [5, 5.41) is 6.17. The molecule has 7 nitrogen and oxygen atoms in total. The molecule has 4 rings (SSSR count). The summed E-state index contributed by atoms with van der Waals surface area (Å²) in [5.41, 5.74) is 4.68. The molecule has 3 heterocycles. The monoisotopic (exact) mass is 391 g/mol. The van der Waals surface area contributed by atoms with Crippen LogP contribution in [0.5, 0.6) is 0 Å². The van der Waals surface area contributed by atoms with Crippen LogP contribution in [0, 0.1) is 6.92 Å². The van der Waals surface area contributed by atoms with Gasteiger partial charge in [0.2, 0.25) is 5.91 Å². The molecule has 1 unspecified atom stereocenters. The average Bonchev–Trinajstić information content (AvgIpc) is 3.18. The first-order chi connectivity index (χ1) is 14.2. The molecule has 3 aromatic rings. The number of morpholine rings is 1. The number of benzene rings is 1. The van der Waals surface area contributed by atoms with E-state index in [1.807, 2.05) is 30.3 Å². The molecule has 0 radical (unpaired) electrons. The molecule has 0 spiro atoms. The molecule has 1 aromatic carbocycles. The third-order valence-electron chi connectivity index (χ3n) is 4.87. The number of aryl methyl sites for hydroxylation is 1. The van der Waals surface area contributed by atoms with Gasteiger partial charge < -0.3 is 20.4 Å². The van der Waals surface area contributed by atoms with Crippen LogP contribution in [0.25, 0.3) is 22.6 Å². The van der Waals surface area contributed by atoms with Gasteiger partial charge in [0.25, 0.3) is 0 Å². The smallest absolute Gasteiger partial charge is 0.223 e. The quantitative estimate of drug-likeness (QED) is 0.600. The Morgan fingerprint density at radius 3 is 2.83 bits per heavy atom. The van der Waals surface area contributed by atoms with Crippen LogP contribution < -0.4 is 10.6 Å². The number of rotatable bonds is 6. The first kappa shape index (κ1) is 19.3. The standard InChI is InChI=1S/C22H25N5O2/c1-15-5-7-16(8-6-15)21-22(18-4-2-3-9-24-18)27-19(26-21)14-25-20(28)12-17-13-23-10-11-29-17/h2-9,17,23H,10-14H2,1H3,(H,25,28)(H,26,27). The zero-order valence-corrected chi connectivity index (χ0v) is 16.4. The summed E-state index contributed by atoms with van der Waals surface area (Å²) in [5.74, 6) is 0.642. The van der Waals surface area contributed by atoms with E-state index in [0.717, 1.165) is 29.2 Å². The number of aromatic amines is 1. The third kappa shape index (κ3) is 4.88. The highest BCUT2D eigenvalue weighted by Crippen LogP contribution is 2.29. The largest absolute Gasteiger partial charge is 0.375 e. The summed E-state index contributed by atoms with van der Waals surface area (Å²) in [4.78, 5) is 24.8. The number of hydrogen-bond acceptors (Lipinski definition) is 5. The van der Waals surface area contributed by atoms with Crippen molar-refractivity contribution in [2.45, 2.75) is 26.0 Å². The van der Waals surface area contributed by atoms with Crippen LogP contribution >= 0.6 is 0 Å². The van der Waals surface area contributed by atoms with Gasteiger partial charge >= 0.3 is 0 Å². The molecule has 1 amide bonds. The van der Waals surface area contributed by atoms with Crippen molar-refractivity contribution in [3.05, 3.63) is 60.0 Å². The lowest BCUT2D eigenvalue weighted by Crippen LogP contribution is -2.41. The molecule has 7 heteroatoms. The summed E-state index contributed by atoms with van der Waals surface area (Å²) < 4.78 is 5.59. The summed E-state index contributed by atoms with van der Waals surface area (Å²) >= 11 is 0. The Labute approximate surface area is 169 Å². The van der Waals surface area contributed by atoms with Crippen LogP contribution in [-0.2, 0) is 16.1 Å². The van der Waals surface area contributed by atoms with Gasteiger partial charge in [-0.15, -0.1) is 0 Å². The van der Waals surface area contributed by atoms with Gasteiger partial charge in [0.1, 0.15) is 5.82 Å². The maximum Gasteiger partial charge on any atom is 0.223 e. The number of H-pyrrole nitrogens is 1. The number of carbonyl (C=O) groups excluding carboxylic acids is 1. The number of aromatic nitrogens is 3. The van der Waals surface area contributed by atoms with Gasteiger partial charge in [-0.25, -0.2) is 4.98 Å². The number of carbonyl (C=O) groups is 1. The fourth-order valence-corrected chi connectivity index (χ4v) is 3.33. The summed E-state index contributed by atoms with van der Waals surface area (Å²) in [7, 11) is 0. The molecule has 0 bridgehead atoms. The van der Waals surface area contributed by atoms with Crippen LogP contribution in [0.1, 0.15) is 17.8 Å². The van der Waals surface area contributed by atoms with Gasteiger partial charge in [-0.1, -0.05) is 35.9 Å². The minimum Gasteiger partial charge on any atom is -0.375 e. The van der Waals surface area contributed by atoms with Crippen molar-refractivity contribution in [2.24, 2.45) is 0 Å². The second-order valence-electron chi connectivity index (χ2n) is 7.17. The Kier molecular flexibility index (Phi) is 5.97. The number of pyridine rings is 1. The van der Waals surface area contributed by atoms with E-state index in [-0.39, 0.29) is 12.0 Å². The SMILES string of the molecule is Cc1ccc(-c2nc(CNC(=O)CC3CNCCO3)[nH]c2-c2ccccn2)cc1. The molecule has 1 atom stereocenters. The topological polar surface area (TPSA) is 91.9 Å². The lowest BCUT2D eigenvalue weighted by atomic mass is 10.1. The highest BCUT2D eigenvalue weighted by Gasteiger charge is 2.19. The number of hydrogen-bond donors (Lipinski definition) is 3. The molecular formula is C22H25N5O2. The molecule has 1 saturated heterocycles. The van der Waals surface area contributed by atoms with Crippen molar-refractivity contribution in [3.8, 4) is 22.6 Å². The van der Waals surface area contributed by atoms with Gasteiger partial charge in [0.15, 0.2) is 0 Å². The molecule has 0 saturated carbocycles. The second-order valence-corrected chi connectivity index (χ2v) is 7.17. The number of nitrogens with one attached hydrogen (secondary N) is 3. The molecule has 1 aliphatic rings. The van der Waals surface area contributed by atoms with E-state index in [2.05, 4.69) is 39.7 Å². The second kappa shape index (κ2) is 8.98. The lowest BCUT2D eigenvalue weighted by Gasteiger charge is -2.22. The molecule has 29 heavy (non-hydrogen) atoms. The van der Waals surface area contributed by atoms with Crippen LogP contribution in [0.15, 0.2) is 48.7 Å². The average molecular weight is 391 g/mol. The Morgan fingerprint density at radius 1 is 1.24 bits per heavy atom. The lowest BCUT2D eigenvalue weighted by molar-refractivity contribution is -0.124. The van der Waals surface area contributed by atoms with Crippen LogP contribution in [0.4, 0.5) is 0 Å². The molecule has 0 aliphatic carbocycles. The first-order valence-corrected chi connectivity index (χ1v) is 9.85. The predicted molar refractivity (Wildman–Crippen MR) is 111 cm³/mol. The fourth-order valence-electron chi connectivity index (χ4n) is 3.33. The molecule has 1 fully saturated rings. The summed E-state index contributed by atoms with van der Waals surface area (Å²) in [6, 6.07) is 14.0. The van der Waals surface area contributed by atoms with Gasteiger partial charge in [0.05, 0.1) is 42.8 Å². The van der Waals surface area contributed by atoms with E-state index in [1.54, 1.807) is 6.20 Å². The van der Waals surface area contributed by atoms with Crippen molar-refractivity contribution in [3.63, 3.8) is 0 Å². The van der Waals surface area contributed by atoms with Crippen molar-refractivity contribution in [1.29, 1.82) is 0 Å². The van der Waals surface area contributed by atoms with Gasteiger partial charge in [-0.05, 0) is 19.1 Å². The fraction of sp³-hybridized carbons (Fsp3) is 0.318. The molecular weight excluding hydrogens is 366 g/mol. The molecule has 3 N–H and O–H groups in total. The highest BCUT2D eigenvalue weighted by atomic mass is 16.5. The Bertz CT molecular complexity index is 947. The third-order valence-corrected chi connectivity index (χ3v) is 4.87. The van der Waals surface area contributed by atoms with Crippen molar-refractivity contribution in [2.75, 3.05) is 19.7 Å². The van der Waals surface area contributed by atoms with E-state index < -0.39 is 0 Å². The van der Waals surface area contributed by atoms with E-state index >= 15 is 0 Å².